The number of pyridine rings is 1. The van der Waals surface area contributed by atoms with E-state index in [1.54, 1.807) is 0 Å². The Kier molecular flexibility index (Phi) is 2.32. The molecule has 1 heterocycles. The SMILES string of the molecule is O=Cc1c(OC2CC2)ccnc1[N+](=O)[O-]. The van der Waals surface area contributed by atoms with E-state index in [0.717, 1.165) is 12.8 Å². The van der Waals surface area contributed by atoms with E-state index in [9.17, 15) is 14.9 Å². The van der Waals surface area contributed by atoms with Gasteiger partial charge in [0.25, 0.3) is 0 Å². The number of hydrogen-bond acceptors (Lipinski definition) is 5. The number of carbonyl (C=O) groups is 1. The van der Waals surface area contributed by atoms with Crippen LogP contribution in [0.15, 0.2) is 12.3 Å². The molecule has 0 spiro atoms. The zero-order chi connectivity index (χ0) is 10.8. The average molecular weight is 208 g/mol. The first-order valence-electron chi connectivity index (χ1n) is 4.47. The van der Waals surface area contributed by atoms with E-state index < -0.39 is 10.7 Å². The highest BCUT2D eigenvalue weighted by atomic mass is 16.6. The van der Waals surface area contributed by atoms with Gasteiger partial charge in [-0.2, -0.15) is 0 Å². The summed E-state index contributed by atoms with van der Waals surface area (Å²) in [5.74, 6) is -0.211. The van der Waals surface area contributed by atoms with Gasteiger partial charge in [-0.3, -0.25) is 4.79 Å². The third-order valence-corrected chi connectivity index (χ3v) is 2.04. The minimum atomic E-state index is -0.691. The summed E-state index contributed by atoms with van der Waals surface area (Å²) in [5.41, 5.74) is -0.0885. The van der Waals surface area contributed by atoms with Crippen LogP contribution in [0, 0.1) is 10.1 Å². The molecule has 0 bridgehead atoms. The van der Waals surface area contributed by atoms with Crippen molar-refractivity contribution in [2.45, 2.75) is 18.9 Å². The lowest BCUT2D eigenvalue weighted by Gasteiger charge is -2.05. The number of hydrogen-bond donors (Lipinski definition) is 0. The van der Waals surface area contributed by atoms with Crippen LogP contribution in [-0.4, -0.2) is 22.3 Å². The monoisotopic (exact) mass is 208 g/mol. The lowest BCUT2D eigenvalue weighted by Crippen LogP contribution is -2.03. The first-order valence-corrected chi connectivity index (χ1v) is 4.47. The first kappa shape index (κ1) is 9.57. The van der Waals surface area contributed by atoms with Gasteiger partial charge < -0.3 is 14.9 Å². The fourth-order valence-corrected chi connectivity index (χ4v) is 1.17. The van der Waals surface area contributed by atoms with Crippen LogP contribution in [0.1, 0.15) is 23.2 Å². The van der Waals surface area contributed by atoms with E-state index in [-0.39, 0.29) is 17.4 Å². The van der Waals surface area contributed by atoms with E-state index in [2.05, 4.69) is 4.98 Å². The summed E-state index contributed by atoms with van der Waals surface area (Å²) >= 11 is 0. The Morgan fingerprint density at radius 3 is 2.87 bits per heavy atom. The van der Waals surface area contributed by atoms with Crippen molar-refractivity contribution in [2.75, 3.05) is 0 Å². The summed E-state index contributed by atoms with van der Waals surface area (Å²) in [6.07, 6.45) is 3.61. The molecule has 6 nitrogen and oxygen atoms in total. The summed E-state index contributed by atoms with van der Waals surface area (Å²) in [6, 6.07) is 1.47. The summed E-state index contributed by atoms with van der Waals surface area (Å²) in [6.45, 7) is 0. The van der Waals surface area contributed by atoms with Crippen LogP contribution in [0.3, 0.4) is 0 Å². The number of aromatic nitrogens is 1. The number of nitro groups is 1. The van der Waals surface area contributed by atoms with E-state index in [0.29, 0.717) is 6.29 Å². The summed E-state index contributed by atoms with van der Waals surface area (Å²) in [7, 11) is 0. The normalized spacial score (nSPS) is 14.7. The Labute approximate surface area is 85.0 Å². The van der Waals surface area contributed by atoms with Crippen LogP contribution in [0.4, 0.5) is 5.82 Å². The molecule has 6 heteroatoms. The third-order valence-electron chi connectivity index (χ3n) is 2.04. The van der Waals surface area contributed by atoms with Crippen molar-refractivity contribution in [2.24, 2.45) is 0 Å². The number of nitrogens with zero attached hydrogens (tertiary/aromatic N) is 2. The number of ether oxygens (including phenoxy) is 1. The molecular weight excluding hydrogens is 200 g/mol. The van der Waals surface area contributed by atoms with Gasteiger partial charge in [-0.15, -0.1) is 0 Å². The fourth-order valence-electron chi connectivity index (χ4n) is 1.17. The minimum absolute atomic E-state index is 0.0885. The van der Waals surface area contributed by atoms with Crippen molar-refractivity contribution < 1.29 is 14.5 Å². The molecule has 1 aliphatic rings. The molecule has 1 saturated carbocycles. The fraction of sp³-hybridized carbons (Fsp3) is 0.333. The zero-order valence-corrected chi connectivity index (χ0v) is 7.75. The van der Waals surface area contributed by atoms with Crippen molar-refractivity contribution in [3.05, 3.63) is 27.9 Å². The maximum atomic E-state index is 10.7. The Hall–Kier alpha value is -1.98. The van der Waals surface area contributed by atoms with Gasteiger partial charge in [0.05, 0.1) is 6.10 Å². The molecule has 0 saturated heterocycles. The molecule has 0 unspecified atom stereocenters. The van der Waals surface area contributed by atoms with Crippen LogP contribution in [0.25, 0.3) is 0 Å². The van der Waals surface area contributed by atoms with Gasteiger partial charge in [-0.05, 0) is 22.7 Å². The Morgan fingerprint density at radius 2 is 2.33 bits per heavy atom. The van der Waals surface area contributed by atoms with Crippen molar-refractivity contribution in [1.29, 1.82) is 0 Å². The molecule has 15 heavy (non-hydrogen) atoms. The number of rotatable bonds is 4. The summed E-state index contributed by atoms with van der Waals surface area (Å²) < 4.78 is 5.36. The van der Waals surface area contributed by atoms with Gasteiger partial charge >= 0.3 is 5.82 Å². The molecule has 1 aliphatic carbocycles. The Morgan fingerprint density at radius 1 is 1.60 bits per heavy atom. The van der Waals surface area contributed by atoms with E-state index in [1.165, 1.54) is 12.3 Å². The largest absolute Gasteiger partial charge is 0.489 e. The third kappa shape index (κ3) is 1.93. The molecule has 1 aromatic heterocycles. The molecule has 0 aromatic carbocycles. The second-order valence-corrected chi connectivity index (χ2v) is 3.24. The molecule has 0 aliphatic heterocycles. The van der Waals surface area contributed by atoms with Crippen LogP contribution in [-0.2, 0) is 0 Å². The molecule has 0 radical (unpaired) electrons. The van der Waals surface area contributed by atoms with Gasteiger partial charge in [0, 0.05) is 6.07 Å². The highest BCUT2D eigenvalue weighted by molar-refractivity contribution is 5.84. The maximum absolute atomic E-state index is 10.7. The summed E-state index contributed by atoms with van der Waals surface area (Å²) in [4.78, 5) is 24.1. The number of carbonyl (C=O) groups excluding carboxylic acids is 1. The van der Waals surface area contributed by atoms with Crippen LogP contribution >= 0.6 is 0 Å². The highest BCUT2D eigenvalue weighted by Crippen LogP contribution is 2.31. The lowest BCUT2D eigenvalue weighted by molar-refractivity contribution is -0.389. The second kappa shape index (κ2) is 3.64. The van der Waals surface area contributed by atoms with E-state index in [4.69, 9.17) is 4.74 Å². The molecule has 2 rings (SSSR count). The van der Waals surface area contributed by atoms with Crippen LogP contribution in [0.2, 0.25) is 0 Å². The van der Waals surface area contributed by atoms with Crippen molar-refractivity contribution in [3.8, 4) is 5.75 Å². The zero-order valence-electron chi connectivity index (χ0n) is 7.75. The van der Waals surface area contributed by atoms with Gasteiger partial charge in [0.2, 0.25) is 0 Å². The molecule has 0 N–H and O–H groups in total. The Balaban J connectivity index is 2.38. The Bertz CT molecular complexity index is 415. The molecule has 0 atom stereocenters. The molecule has 1 aromatic rings. The molecule has 0 amide bonds. The predicted octanol–water partition coefficient (Wildman–Crippen LogP) is 1.34. The van der Waals surface area contributed by atoms with Crippen LogP contribution in [0.5, 0.6) is 5.75 Å². The first-order chi connectivity index (χ1) is 7.22. The van der Waals surface area contributed by atoms with Crippen molar-refractivity contribution in [3.63, 3.8) is 0 Å². The van der Waals surface area contributed by atoms with Crippen molar-refractivity contribution >= 4 is 12.1 Å². The number of aldehydes is 1. The van der Waals surface area contributed by atoms with Gasteiger partial charge in [0.15, 0.2) is 11.8 Å². The quantitative estimate of drug-likeness (QED) is 0.423. The molecular formula is C9H8N2O4. The summed E-state index contributed by atoms with van der Waals surface area (Å²) in [5, 5.41) is 10.6. The highest BCUT2D eigenvalue weighted by Gasteiger charge is 2.27. The van der Waals surface area contributed by atoms with Gasteiger partial charge in [-0.25, -0.2) is 0 Å². The van der Waals surface area contributed by atoms with Crippen molar-refractivity contribution in [1.82, 2.24) is 4.98 Å². The van der Waals surface area contributed by atoms with Gasteiger partial charge in [-0.1, -0.05) is 0 Å². The molecule has 78 valence electrons. The van der Waals surface area contributed by atoms with E-state index >= 15 is 0 Å². The smallest absolute Gasteiger partial charge is 0.377 e. The standard InChI is InChI=1S/C9H8N2O4/c12-5-7-8(15-6-1-2-6)3-4-10-9(7)11(13)14/h3-6H,1-2H2. The van der Waals surface area contributed by atoms with Gasteiger partial charge in [0.1, 0.15) is 11.9 Å². The molecule has 1 fully saturated rings. The minimum Gasteiger partial charge on any atom is -0.489 e. The lowest BCUT2D eigenvalue weighted by atomic mass is 10.2. The van der Waals surface area contributed by atoms with Crippen LogP contribution < -0.4 is 4.74 Å². The predicted molar refractivity (Wildman–Crippen MR) is 49.9 cm³/mol. The second-order valence-electron chi connectivity index (χ2n) is 3.24. The average Bonchev–Trinajstić information content (AvgIpc) is 3.01. The maximum Gasteiger partial charge on any atom is 0.377 e. The van der Waals surface area contributed by atoms with E-state index in [1.807, 2.05) is 0 Å². The topological polar surface area (TPSA) is 82.3 Å².